The van der Waals surface area contributed by atoms with Gasteiger partial charge in [-0.05, 0) is 19.1 Å². The van der Waals surface area contributed by atoms with Crippen LogP contribution in [-0.4, -0.2) is 36.7 Å². The molecule has 142 valence electrons. The fraction of sp³-hybridized carbons (Fsp3) is 0.357. The van der Waals surface area contributed by atoms with Gasteiger partial charge in [-0.3, -0.25) is 9.59 Å². The van der Waals surface area contributed by atoms with Crippen molar-refractivity contribution >= 4 is 23.3 Å². The first-order chi connectivity index (χ1) is 11.8. The molecule has 0 fully saturated rings. The zero-order valence-electron chi connectivity index (χ0n) is 12.8. The summed E-state index contributed by atoms with van der Waals surface area (Å²) < 4.78 is 52.2. The lowest BCUT2D eigenvalue weighted by Crippen LogP contribution is -2.46. The zero-order chi connectivity index (χ0) is 20.0. The molecule has 0 bridgehead atoms. The van der Waals surface area contributed by atoms with Crippen molar-refractivity contribution in [1.29, 1.82) is 0 Å². The van der Waals surface area contributed by atoms with Gasteiger partial charge in [0.2, 0.25) is 0 Å². The molecule has 0 saturated heterocycles. The minimum absolute atomic E-state index is 0.00945. The average Bonchev–Trinajstić information content (AvgIpc) is 2.46. The van der Waals surface area contributed by atoms with Gasteiger partial charge in [-0.15, -0.1) is 11.6 Å². The molecule has 7 nitrogen and oxygen atoms in total. The summed E-state index contributed by atoms with van der Waals surface area (Å²) in [4.78, 5) is 34.4. The lowest BCUT2D eigenvalue weighted by atomic mass is 9.82. The number of nitrogens with zero attached hydrogens (tertiary/aromatic N) is 1. The lowest BCUT2D eigenvalue weighted by Gasteiger charge is -2.34. The van der Waals surface area contributed by atoms with Crippen LogP contribution in [0.2, 0.25) is 0 Å². The Morgan fingerprint density at radius 1 is 1.42 bits per heavy atom. The summed E-state index contributed by atoms with van der Waals surface area (Å²) in [6.45, 7) is 1.10. The summed E-state index contributed by atoms with van der Waals surface area (Å²) in [5, 5.41) is 18.9. The maximum Gasteiger partial charge on any atom is 0.431 e. The Balaban J connectivity index is 2.70. The van der Waals surface area contributed by atoms with Crippen molar-refractivity contribution in [2.75, 3.05) is 0 Å². The number of rotatable bonds is 3. The Morgan fingerprint density at radius 2 is 2.00 bits per heavy atom. The molecule has 0 aromatic carbocycles. The summed E-state index contributed by atoms with van der Waals surface area (Å²) in [5.41, 5.74) is -5.69. The van der Waals surface area contributed by atoms with Crippen LogP contribution in [0, 0.1) is 5.92 Å². The lowest BCUT2D eigenvalue weighted by molar-refractivity contribution is -0.142. The molecule has 1 heterocycles. The molecule has 0 amide bonds. The summed E-state index contributed by atoms with van der Waals surface area (Å²) in [7, 11) is 0. The minimum atomic E-state index is -5.02. The van der Waals surface area contributed by atoms with Crippen molar-refractivity contribution in [2.45, 2.75) is 24.1 Å². The Labute approximate surface area is 146 Å². The van der Waals surface area contributed by atoms with Gasteiger partial charge in [-0.1, -0.05) is 0 Å². The smallest absolute Gasteiger partial charge is 0.431 e. The second-order valence-corrected chi connectivity index (χ2v) is 6.18. The first-order valence-electron chi connectivity index (χ1n) is 6.93. The number of H-pyrrole nitrogens is 1. The highest BCUT2D eigenvalue weighted by Gasteiger charge is 2.47. The topological polar surface area (TPSA) is 112 Å². The van der Waals surface area contributed by atoms with Crippen molar-refractivity contribution in [3.63, 3.8) is 0 Å². The molecule has 12 heteroatoms. The molecule has 3 unspecified atom stereocenters. The standard InChI is InChI=1S/C14H11ClF4N2O5/c1-5(22)13(15)4-7(16)8(2-6(13)11(24)25)21-10(23)3-9(14(17,18)19)20-12(21)26/h2-6,22H,1H3,(H,20,26)(H,24,25). The Kier molecular flexibility index (Phi) is 4.90. The van der Waals surface area contributed by atoms with Gasteiger partial charge in [0.25, 0.3) is 5.56 Å². The van der Waals surface area contributed by atoms with E-state index in [0.29, 0.717) is 12.2 Å². The fourth-order valence-electron chi connectivity index (χ4n) is 2.42. The number of aliphatic carboxylic acids is 1. The van der Waals surface area contributed by atoms with E-state index in [1.165, 1.54) is 4.98 Å². The van der Waals surface area contributed by atoms with Crippen molar-refractivity contribution in [2.24, 2.45) is 5.92 Å². The van der Waals surface area contributed by atoms with Crippen LogP contribution < -0.4 is 11.2 Å². The van der Waals surface area contributed by atoms with E-state index in [-0.39, 0.29) is 10.6 Å². The van der Waals surface area contributed by atoms with Gasteiger partial charge in [0, 0.05) is 6.07 Å². The number of carbonyl (C=O) groups is 1. The van der Waals surface area contributed by atoms with Gasteiger partial charge in [-0.25, -0.2) is 13.8 Å². The first-order valence-corrected chi connectivity index (χ1v) is 7.31. The predicted molar refractivity (Wildman–Crippen MR) is 81.2 cm³/mol. The first kappa shape index (κ1) is 19.9. The van der Waals surface area contributed by atoms with Crippen LogP contribution >= 0.6 is 11.6 Å². The van der Waals surface area contributed by atoms with E-state index in [1.807, 2.05) is 0 Å². The molecule has 1 aliphatic carbocycles. The van der Waals surface area contributed by atoms with Crippen LogP contribution in [0.25, 0.3) is 5.70 Å². The highest BCUT2D eigenvalue weighted by molar-refractivity contribution is 6.28. The van der Waals surface area contributed by atoms with Gasteiger partial charge in [0.1, 0.15) is 22.3 Å². The van der Waals surface area contributed by atoms with Crippen LogP contribution in [0.4, 0.5) is 17.6 Å². The van der Waals surface area contributed by atoms with Gasteiger partial charge in [-0.2, -0.15) is 13.2 Å². The number of alkyl halides is 4. The van der Waals surface area contributed by atoms with Crippen LogP contribution in [0.3, 0.4) is 0 Å². The number of nitrogens with one attached hydrogen (secondary N) is 1. The van der Waals surface area contributed by atoms with Crippen LogP contribution in [0.15, 0.2) is 33.6 Å². The highest BCUT2D eigenvalue weighted by Crippen LogP contribution is 2.40. The van der Waals surface area contributed by atoms with E-state index >= 15 is 0 Å². The van der Waals surface area contributed by atoms with Crippen LogP contribution in [-0.2, 0) is 11.0 Å². The molecule has 0 radical (unpaired) electrons. The number of aromatic amines is 1. The molecule has 0 aliphatic heterocycles. The number of aromatic nitrogens is 2. The second-order valence-electron chi connectivity index (χ2n) is 5.52. The maximum atomic E-state index is 14.4. The average molecular weight is 399 g/mol. The van der Waals surface area contributed by atoms with Crippen LogP contribution in [0.5, 0.6) is 0 Å². The molecule has 1 aromatic rings. The third-order valence-electron chi connectivity index (χ3n) is 3.78. The number of carboxylic acid groups (broad SMARTS) is 1. The molecular formula is C14H11ClF4N2O5. The number of allylic oxidation sites excluding steroid dienone is 2. The van der Waals surface area contributed by atoms with E-state index in [2.05, 4.69) is 0 Å². The largest absolute Gasteiger partial charge is 0.481 e. The predicted octanol–water partition coefficient (Wildman–Crippen LogP) is 1.32. The van der Waals surface area contributed by atoms with E-state index in [4.69, 9.17) is 11.6 Å². The monoisotopic (exact) mass is 398 g/mol. The number of aliphatic hydroxyl groups is 1. The summed E-state index contributed by atoms with van der Waals surface area (Å²) >= 11 is 5.97. The van der Waals surface area contributed by atoms with E-state index in [1.54, 1.807) is 0 Å². The quantitative estimate of drug-likeness (QED) is 0.525. The van der Waals surface area contributed by atoms with Gasteiger partial charge in [0.15, 0.2) is 0 Å². The van der Waals surface area contributed by atoms with Crippen LogP contribution in [0.1, 0.15) is 12.6 Å². The van der Waals surface area contributed by atoms with Gasteiger partial charge >= 0.3 is 17.8 Å². The Morgan fingerprint density at radius 3 is 2.42 bits per heavy atom. The third-order valence-corrected chi connectivity index (χ3v) is 4.44. The third kappa shape index (κ3) is 3.31. The molecule has 1 aromatic heterocycles. The van der Waals surface area contributed by atoms with Crippen molar-refractivity contribution in [1.82, 2.24) is 9.55 Å². The molecule has 3 atom stereocenters. The molecule has 2 rings (SSSR count). The summed E-state index contributed by atoms with van der Waals surface area (Å²) in [5.74, 6) is -4.74. The second kappa shape index (κ2) is 6.40. The number of hydrogen-bond acceptors (Lipinski definition) is 4. The van der Waals surface area contributed by atoms with E-state index in [0.717, 1.165) is 6.92 Å². The number of aliphatic hydroxyl groups excluding tert-OH is 1. The SMILES string of the molecule is CC(O)C1(Cl)C=C(F)C(n2c(=O)cc(C(F)(F)F)[nH]c2=O)=CC1C(=O)O. The normalized spacial score (nSPS) is 24.7. The van der Waals surface area contributed by atoms with E-state index < -0.39 is 57.5 Å². The number of hydrogen-bond donors (Lipinski definition) is 3. The van der Waals surface area contributed by atoms with Gasteiger partial charge < -0.3 is 15.2 Å². The molecule has 0 spiro atoms. The molecular weight excluding hydrogens is 388 g/mol. The molecule has 0 saturated carbocycles. The van der Waals surface area contributed by atoms with Crippen molar-refractivity contribution in [3.05, 3.63) is 50.6 Å². The fourth-order valence-corrected chi connectivity index (χ4v) is 2.67. The van der Waals surface area contributed by atoms with E-state index in [9.17, 15) is 42.2 Å². The maximum absolute atomic E-state index is 14.4. The summed E-state index contributed by atoms with van der Waals surface area (Å²) in [6.07, 6.45) is -5.48. The Bertz CT molecular complexity index is 899. The highest BCUT2D eigenvalue weighted by atomic mass is 35.5. The number of halogens is 5. The van der Waals surface area contributed by atoms with Crippen molar-refractivity contribution < 1.29 is 32.6 Å². The van der Waals surface area contributed by atoms with Crippen molar-refractivity contribution in [3.8, 4) is 0 Å². The summed E-state index contributed by atoms with van der Waals surface area (Å²) in [6, 6.07) is 0.0303. The van der Waals surface area contributed by atoms with Gasteiger partial charge in [0.05, 0.1) is 11.8 Å². The molecule has 3 N–H and O–H groups in total. The Hall–Kier alpha value is -2.40. The zero-order valence-corrected chi connectivity index (χ0v) is 13.6. The molecule has 26 heavy (non-hydrogen) atoms. The minimum Gasteiger partial charge on any atom is -0.481 e. The number of carboxylic acids is 1. The molecule has 1 aliphatic rings.